The van der Waals surface area contributed by atoms with Gasteiger partial charge in [0.1, 0.15) is 11.8 Å². The first-order valence-electron chi connectivity index (χ1n) is 13.1. The summed E-state index contributed by atoms with van der Waals surface area (Å²) >= 11 is 6.55. The van der Waals surface area contributed by atoms with E-state index in [9.17, 15) is 9.90 Å². The van der Waals surface area contributed by atoms with Crippen molar-refractivity contribution < 1.29 is 14.6 Å². The first-order chi connectivity index (χ1) is 16.8. The van der Waals surface area contributed by atoms with Gasteiger partial charge in [-0.1, -0.05) is 49.7 Å². The fourth-order valence-electron chi connectivity index (χ4n) is 6.71. The quantitative estimate of drug-likeness (QED) is 0.557. The molecule has 2 aliphatic carbocycles. The first kappa shape index (κ1) is 23.2. The van der Waals surface area contributed by atoms with Gasteiger partial charge in [0.15, 0.2) is 0 Å². The highest BCUT2D eigenvalue weighted by Gasteiger charge is 2.48. The second kappa shape index (κ2) is 8.70. The molecule has 3 heterocycles. The van der Waals surface area contributed by atoms with Crippen LogP contribution < -0.4 is 9.84 Å². The summed E-state index contributed by atoms with van der Waals surface area (Å²) in [6.45, 7) is 8.12. The highest BCUT2D eigenvalue weighted by molar-refractivity contribution is 6.32. The standard InChI is InChI=1S/C29H35ClN2O3/c1-29(2)15-22-13-20(21-6-8-26(24(30)14-21)35-17-18-3-4-18)5-7-23(22)27(29)32(28(33)34)25-16-31-11-9-19(25)10-12-31/h5-8,13-14,18-19,25,27H,3-4,9-12,15-17H2,1-2H3,(H,33,34)/p-1/t25-,27+/m1/s1. The van der Waals surface area contributed by atoms with Gasteiger partial charge in [-0.15, -0.1) is 0 Å². The molecule has 5 aliphatic rings. The Kier molecular flexibility index (Phi) is 5.76. The van der Waals surface area contributed by atoms with Gasteiger partial charge in [-0.25, -0.2) is 0 Å². The van der Waals surface area contributed by atoms with Gasteiger partial charge in [0, 0.05) is 12.6 Å². The molecule has 6 heteroatoms. The lowest BCUT2D eigenvalue weighted by atomic mass is 9.79. The van der Waals surface area contributed by atoms with Gasteiger partial charge in [0.05, 0.1) is 17.7 Å². The van der Waals surface area contributed by atoms with E-state index in [1.807, 2.05) is 12.1 Å². The number of hydrogen-bond acceptors (Lipinski definition) is 4. The molecule has 0 radical (unpaired) electrons. The molecular formula is C29H34ClN2O3-. The Labute approximate surface area is 213 Å². The van der Waals surface area contributed by atoms with E-state index in [2.05, 4.69) is 43.0 Å². The minimum absolute atomic E-state index is 0.0133. The van der Waals surface area contributed by atoms with E-state index >= 15 is 0 Å². The molecule has 7 rings (SSSR count). The molecule has 0 N–H and O–H groups in total. The van der Waals surface area contributed by atoms with Crippen LogP contribution in [-0.4, -0.2) is 48.2 Å². The third-order valence-corrected chi connectivity index (χ3v) is 9.02. The van der Waals surface area contributed by atoms with Crippen LogP contribution in [0, 0.1) is 17.3 Å². The molecule has 3 saturated heterocycles. The van der Waals surface area contributed by atoms with Gasteiger partial charge in [0.2, 0.25) is 0 Å². The van der Waals surface area contributed by atoms with Crippen LogP contribution in [0.5, 0.6) is 5.75 Å². The topological polar surface area (TPSA) is 55.8 Å². The number of benzene rings is 2. The van der Waals surface area contributed by atoms with Crippen molar-refractivity contribution in [1.82, 2.24) is 9.80 Å². The van der Waals surface area contributed by atoms with Crippen molar-refractivity contribution in [3.05, 3.63) is 52.5 Å². The Morgan fingerprint density at radius 3 is 2.46 bits per heavy atom. The summed E-state index contributed by atoms with van der Waals surface area (Å²) in [6.07, 6.45) is 4.45. The zero-order chi connectivity index (χ0) is 24.3. The van der Waals surface area contributed by atoms with E-state index in [4.69, 9.17) is 16.3 Å². The van der Waals surface area contributed by atoms with Crippen LogP contribution in [0.15, 0.2) is 36.4 Å². The van der Waals surface area contributed by atoms with Crippen LogP contribution in [0.1, 0.15) is 56.7 Å². The van der Waals surface area contributed by atoms with E-state index in [-0.39, 0.29) is 17.5 Å². The Morgan fingerprint density at radius 1 is 1.11 bits per heavy atom. The molecular weight excluding hydrogens is 460 g/mol. The molecule has 2 aromatic carbocycles. The van der Waals surface area contributed by atoms with Gasteiger partial charge in [-0.05, 0) is 96.8 Å². The van der Waals surface area contributed by atoms with E-state index < -0.39 is 6.09 Å². The van der Waals surface area contributed by atoms with Gasteiger partial charge in [0.25, 0.3) is 0 Å². The smallest absolute Gasteiger partial charge is 0.137 e. The zero-order valence-electron chi connectivity index (χ0n) is 20.6. The third-order valence-electron chi connectivity index (χ3n) is 8.73. The van der Waals surface area contributed by atoms with Crippen LogP contribution >= 0.6 is 11.6 Å². The number of hydrogen-bond donors (Lipinski definition) is 0. The van der Waals surface area contributed by atoms with E-state index in [0.29, 0.717) is 16.9 Å². The third kappa shape index (κ3) is 4.31. The minimum atomic E-state index is -1.03. The Balaban J connectivity index is 1.29. The van der Waals surface area contributed by atoms with E-state index in [0.717, 1.165) is 67.9 Å². The molecule has 3 aliphatic heterocycles. The molecule has 0 aromatic heterocycles. The number of halogens is 1. The monoisotopic (exact) mass is 493 g/mol. The van der Waals surface area contributed by atoms with Crippen LogP contribution in [0.2, 0.25) is 5.02 Å². The lowest BCUT2D eigenvalue weighted by molar-refractivity contribution is -0.276. The average Bonchev–Trinajstić information content (AvgIpc) is 3.62. The molecule has 35 heavy (non-hydrogen) atoms. The van der Waals surface area contributed by atoms with Crippen molar-refractivity contribution in [2.45, 2.75) is 58.0 Å². The maximum absolute atomic E-state index is 12.6. The average molecular weight is 494 g/mol. The number of piperidine rings is 3. The summed E-state index contributed by atoms with van der Waals surface area (Å²) < 4.78 is 5.89. The molecule has 4 fully saturated rings. The maximum atomic E-state index is 12.6. The zero-order valence-corrected chi connectivity index (χ0v) is 21.4. The number of amides is 1. The number of fused-ring (bicyclic) bond motifs is 4. The SMILES string of the molecule is CC1(C)Cc2cc(-c3ccc(OCC4CC4)c(Cl)c3)ccc2[C@@H]1N(C(=O)[O-])[C@@H]1CN2CCC1CC2. The van der Waals surface area contributed by atoms with Crippen molar-refractivity contribution in [3.63, 3.8) is 0 Å². The molecule has 186 valence electrons. The first-order valence-corrected chi connectivity index (χ1v) is 13.5. The van der Waals surface area contributed by atoms with Gasteiger partial charge in [-0.3, -0.25) is 0 Å². The fraction of sp³-hybridized carbons (Fsp3) is 0.552. The highest BCUT2D eigenvalue weighted by Crippen LogP contribution is 2.51. The van der Waals surface area contributed by atoms with Crippen molar-refractivity contribution in [1.29, 1.82) is 0 Å². The minimum Gasteiger partial charge on any atom is -0.530 e. The number of carbonyl (C=O) groups is 1. The van der Waals surface area contributed by atoms with Crippen molar-refractivity contribution in [2.24, 2.45) is 17.3 Å². The number of carboxylic acid groups (broad SMARTS) is 1. The van der Waals surface area contributed by atoms with E-state index in [1.54, 1.807) is 4.90 Å². The van der Waals surface area contributed by atoms with E-state index in [1.165, 1.54) is 18.4 Å². The Morgan fingerprint density at radius 2 is 1.83 bits per heavy atom. The molecule has 1 amide bonds. The lowest BCUT2D eigenvalue weighted by Gasteiger charge is -2.53. The van der Waals surface area contributed by atoms with Gasteiger partial charge >= 0.3 is 0 Å². The van der Waals surface area contributed by atoms with Crippen molar-refractivity contribution >= 4 is 17.7 Å². The van der Waals surface area contributed by atoms with Crippen molar-refractivity contribution in [3.8, 4) is 16.9 Å². The van der Waals surface area contributed by atoms with Crippen LogP contribution in [0.25, 0.3) is 11.1 Å². The number of nitrogens with zero attached hydrogens (tertiary/aromatic N) is 2. The molecule has 0 unspecified atom stereocenters. The summed E-state index contributed by atoms with van der Waals surface area (Å²) in [4.78, 5) is 16.7. The maximum Gasteiger partial charge on any atom is 0.137 e. The molecule has 0 spiro atoms. The summed E-state index contributed by atoms with van der Waals surface area (Å²) in [5, 5.41) is 13.2. The largest absolute Gasteiger partial charge is 0.530 e. The number of carbonyl (C=O) groups excluding carboxylic acids is 1. The van der Waals surface area contributed by atoms with Crippen LogP contribution in [0.4, 0.5) is 4.79 Å². The highest BCUT2D eigenvalue weighted by atomic mass is 35.5. The molecule has 2 atom stereocenters. The summed E-state index contributed by atoms with van der Waals surface area (Å²) in [5.74, 6) is 1.85. The second-order valence-electron chi connectivity index (χ2n) is 11.8. The van der Waals surface area contributed by atoms with Crippen molar-refractivity contribution in [2.75, 3.05) is 26.2 Å². The lowest BCUT2D eigenvalue weighted by Crippen LogP contribution is -2.62. The predicted octanol–water partition coefficient (Wildman–Crippen LogP) is 5.16. The molecule has 5 nitrogen and oxygen atoms in total. The van der Waals surface area contributed by atoms with Crippen LogP contribution in [-0.2, 0) is 6.42 Å². The second-order valence-corrected chi connectivity index (χ2v) is 12.2. The number of ether oxygens (including phenoxy) is 1. The molecule has 2 aromatic rings. The Bertz CT molecular complexity index is 1140. The summed E-state index contributed by atoms with van der Waals surface area (Å²) in [5.41, 5.74) is 4.28. The summed E-state index contributed by atoms with van der Waals surface area (Å²) in [6, 6.07) is 12.3. The van der Waals surface area contributed by atoms with Crippen LogP contribution in [0.3, 0.4) is 0 Å². The molecule has 1 saturated carbocycles. The van der Waals surface area contributed by atoms with Gasteiger partial charge < -0.3 is 24.4 Å². The van der Waals surface area contributed by atoms with Gasteiger partial charge in [-0.2, -0.15) is 0 Å². The Hall–Kier alpha value is -2.24. The molecule has 2 bridgehead atoms. The normalized spacial score (nSPS) is 28.5. The summed E-state index contributed by atoms with van der Waals surface area (Å²) in [7, 11) is 0. The number of rotatable bonds is 6. The predicted molar refractivity (Wildman–Crippen MR) is 136 cm³/mol. The fourth-order valence-corrected chi connectivity index (χ4v) is 6.95.